The first-order valence-corrected chi connectivity index (χ1v) is 4.56. The minimum Gasteiger partial charge on any atom is -0.355 e. The highest BCUT2D eigenvalue weighted by atomic mass is 16.2. The van der Waals surface area contributed by atoms with Crippen molar-refractivity contribution in [1.29, 1.82) is 0 Å². The van der Waals surface area contributed by atoms with E-state index < -0.39 is 0 Å². The molecule has 0 saturated carbocycles. The molecule has 1 amide bonds. The fourth-order valence-electron chi connectivity index (χ4n) is 1.09. The van der Waals surface area contributed by atoms with Gasteiger partial charge in [0.25, 0.3) is 0 Å². The Morgan fingerprint density at radius 2 is 2.54 bits per heavy atom. The zero-order chi connectivity index (χ0) is 9.68. The van der Waals surface area contributed by atoms with Gasteiger partial charge in [-0.1, -0.05) is 0 Å². The molecule has 1 aliphatic rings. The molecule has 0 spiro atoms. The van der Waals surface area contributed by atoms with Gasteiger partial charge in [-0.25, -0.2) is 0 Å². The van der Waals surface area contributed by atoms with Gasteiger partial charge in [-0.3, -0.25) is 9.79 Å². The van der Waals surface area contributed by atoms with Crippen LogP contribution in [0.3, 0.4) is 0 Å². The predicted octanol–water partition coefficient (Wildman–Crippen LogP) is -0.940. The molecule has 1 atom stereocenters. The van der Waals surface area contributed by atoms with Crippen molar-refractivity contribution in [3.63, 3.8) is 0 Å². The summed E-state index contributed by atoms with van der Waals surface area (Å²) in [6.07, 6.45) is 0. The molecular weight excluding hydrogens is 168 g/mol. The van der Waals surface area contributed by atoms with Crippen LogP contribution in [0.5, 0.6) is 0 Å². The Hall–Kier alpha value is -1.26. The number of aliphatic imine (C=N–C) groups is 1. The summed E-state index contributed by atoms with van der Waals surface area (Å²) in [5.41, 5.74) is 0. The third-order valence-electron chi connectivity index (χ3n) is 1.77. The summed E-state index contributed by atoms with van der Waals surface area (Å²) in [6.45, 7) is 6.00. The van der Waals surface area contributed by atoms with Crippen molar-refractivity contribution in [1.82, 2.24) is 16.0 Å². The summed E-state index contributed by atoms with van der Waals surface area (Å²) in [5, 5.41) is 8.77. The largest absolute Gasteiger partial charge is 0.355 e. The van der Waals surface area contributed by atoms with Gasteiger partial charge in [-0.2, -0.15) is 0 Å². The maximum atomic E-state index is 11.3. The van der Waals surface area contributed by atoms with E-state index in [1.807, 2.05) is 13.8 Å². The zero-order valence-corrected chi connectivity index (χ0v) is 8.05. The monoisotopic (exact) mass is 184 g/mol. The van der Waals surface area contributed by atoms with Gasteiger partial charge in [0.2, 0.25) is 5.91 Å². The van der Waals surface area contributed by atoms with Gasteiger partial charge in [-0.05, 0) is 13.8 Å². The molecule has 5 heteroatoms. The number of amides is 1. The second-order valence-electron chi connectivity index (χ2n) is 2.92. The van der Waals surface area contributed by atoms with Crippen LogP contribution in [0.4, 0.5) is 0 Å². The van der Waals surface area contributed by atoms with Crippen LogP contribution in [-0.4, -0.2) is 37.5 Å². The molecule has 1 heterocycles. The van der Waals surface area contributed by atoms with Crippen molar-refractivity contribution in [3.8, 4) is 0 Å². The lowest BCUT2D eigenvalue weighted by molar-refractivity contribution is -0.122. The van der Waals surface area contributed by atoms with Crippen molar-refractivity contribution in [2.45, 2.75) is 19.9 Å². The van der Waals surface area contributed by atoms with Crippen molar-refractivity contribution < 1.29 is 4.79 Å². The number of guanidine groups is 1. The quantitative estimate of drug-likeness (QED) is 0.530. The normalized spacial score (nSPS) is 17.2. The molecule has 3 N–H and O–H groups in total. The second-order valence-corrected chi connectivity index (χ2v) is 2.92. The molecule has 0 aromatic carbocycles. The van der Waals surface area contributed by atoms with Crippen LogP contribution in [0.1, 0.15) is 13.8 Å². The number of hydrogen-bond donors (Lipinski definition) is 3. The van der Waals surface area contributed by atoms with E-state index in [1.165, 1.54) is 0 Å². The first-order valence-electron chi connectivity index (χ1n) is 4.56. The molecule has 0 bridgehead atoms. The summed E-state index contributed by atoms with van der Waals surface area (Å²) in [7, 11) is 0. The van der Waals surface area contributed by atoms with Crippen LogP contribution >= 0.6 is 0 Å². The molecule has 0 aromatic rings. The zero-order valence-electron chi connectivity index (χ0n) is 8.05. The second kappa shape index (κ2) is 4.69. The summed E-state index contributed by atoms with van der Waals surface area (Å²) in [5.74, 6) is 0.720. The van der Waals surface area contributed by atoms with Crippen LogP contribution in [0, 0.1) is 0 Å². The Labute approximate surface area is 78.0 Å². The third kappa shape index (κ3) is 2.93. The Balaban J connectivity index is 2.31. The van der Waals surface area contributed by atoms with E-state index in [-0.39, 0.29) is 11.9 Å². The standard InChI is InChI=1S/C8H16N4O/c1-3-9-7(13)6(2)12-8-10-4-5-11-8/h6H,3-5H2,1-2H3,(H,9,13)(H2,10,11,12). The van der Waals surface area contributed by atoms with Crippen molar-refractivity contribution in [3.05, 3.63) is 0 Å². The maximum Gasteiger partial charge on any atom is 0.242 e. The van der Waals surface area contributed by atoms with Gasteiger partial charge >= 0.3 is 0 Å². The SMILES string of the molecule is CCNC(=O)C(C)NC1=NCCN1. The van der Waals surface area contributed by atoms with Gasteiger partial charge in [0, 0.05) is 13.1 Å². The van der Waals surface area contributed by atoms with E-state index in [4.69, 9.17) is 0 Å². The molecule has 0 aliphatic carbocycles. The number of carbonyl (C=O) groups is 1. The lowest BCUT2D eigenvalue weighted by Crippen LogP contribution is -2.47. The van der Waals surface area contributed by atoms with Crippen LogP contribution in [0.15, 0.2) is 4.99 Å². The number of nitrogens with zero attached hydrogens (tertiary/aromatic N) is 1. The van der Waals surface area contributed by atoms with E-state index in [2.05, 4.69) is 20.9 Å². The molecule has 1 aliphatic heterocycles. The minimum atomic E-state index is -0.232. The van der Waals surface area contributed by atoms with Gasteiger partial charge in [0.05, 0.1) is 6.54 Å². The first kappa shape index (κ1) is 9.83. The summed E-state index contributed by atoms with van der Waals surface area (Å²) in [4.78, 5) is 15.4. The average molecular weight is 184 g/mol. The van der Waals surface area contributed by atoms with Gasteiger partial charge in [0.15, 0.2) is 5.96 Å². The Morgan fingerprint density at radius 1 is 1.77 bits per heavy atom. The molecule has 1 rings (SSSR count). The summed E-state index contributed by atoms with van der Waals surface area (Å²) >= 11 is 0. The number of likely N-dealkylation sites (N-methyl/N-ethyl adjacent to an activating group) is 1. The van der Waals surface area contributed by atoms with E-state index in [1.54, 1.807) is 0 Å². The van der Waals surface area contributed by atoms with E-state index >= 15 is 0 Å². The van der Waals surface area contributed by atoms with E-state index in [9.17, 15) is 4.79 Å². The topological polar surface area (TPSA) is 65.5 Å². The Morgan fingerprint density at radius 3 is 3.08 bits per heavy atom. The van der Waals surface area contributed by atoms with Gasteiger partial charge in [0.1, 0.15) is 6.04 Å². The average Bonchev–Trinajstić information content (AvgIpc) is 2.57. The van der Waals surface area contributed by atoms with Crippen LogP contribution in [-0.2, 0) is 4.79 Å². The minimum absolute atomic E-state index is 0.00102. The van der Waals surface area contributed by atoms with Crippen LogP contribution in [0.2, 0.25) is 0 Å². The maximum absolute atomic E-state index is 11.3. The first-order chi connectivity index (χ1) is 6.24. The molecule has 0 fully saturated rings. The highest BCUT2D eigenvalue weighted by Crippen LogP contribution is 1.86. The van der Waals surface area contributed by atoms with Gasteiger partial charge < -0.3 is 16.0 Å². The summed E-state index contributed by atoms with van der Waals surface area (Å²) < 4.78 is 0. The molecule has 0 saturated heterocycles. The lowest BCUT2D eigenvalue weighted by atomic mass is 10.3. The van der Waals surface area contributed by atoms with Crippen molar-refractivity contribution >= 4 is 11.9 Å². The smallest absolute Gasteiger partial charge is 0.242 e. The lowest BCUT2D eigenvalue weighted by Gasteiger charge is -2.14. The number of rotatable bonds is 3. The predicted molar refractivity (Wildman–Crippen MR) is 51.6 cm³/mol. The third-order valence-corrected chi connectivity index (χ3v) is 1.77. The fourth-order valence-corrected chi connectivity index (χ4v) is 1.09. The molecule has 1 unspecified atom stereocenters. The van der Waals surface area contributed by atoms with E-state index in [0.29, 0.717) is 6.54 Å². The molecule has 5 nitrogen and oxygen atoms in total. The van der Waals surface area contributed by atoms with Crippen LogP contribution < -0.4 is 16.0 Å². The Bertz CT molecular complexity index is 214. The molecule has 74 valence electrons. The number of carbonyl (C=O) groups excluding carboxylic acids is 1. The molecular formula is C8H16N4O. The molecule has 0 aromatic heterocycles. The number of nitrogens with one attached hydrogen (secondary N) is 3. The van der Waals surface area contributed by atoms with Gasteiger partial charge in [-0.15, -0.1) is 0 Å². The summed E-state index contributed by atoms with van der Waals surface area (Å²) in [6, 6.07) is -0.232. The van der Waals surface area contributed by atoms with Crippen molar-refractivity contribution in [2.24, 2.45) is 4.99 Å². The number of hydrogen-bond acceptors (Lipinski definition) is 4. The highest BCUT2D eigenvalue weighted by molar-refractivity contribution is 5.89. The molecule has 13 heavy (non-hydrogen) atoms. The highest BCUT2D eigenvalue weighted by Gasteiger charge is 2.14. The van der Waals surface area contributed by atoms with E-state index in [0.717, 1.165) is 19.0 Å². The Kier molecular flexibility index (Phi) is 3.54. The van der Waals surface area contributed by atoms with Crippen molar-refractivity contribution in [2.75, 3.05) is 19.6 Å². The van der Waals surface area contributed by atoms with Crippen LogP contribution in [0.25, 0.3) is 0 Å². The molecule has 0 radical (unpaired) electrons. The fraction of sp³-hybridized carbons (Fsp3) is 0.750.